The Kier molecular flexibility index (Phi) is 5.10. The van der Waals surface area contributed by atoms with E-state index in [0.29, 0.717) is 12.9 Å². The van der Waals surface area contributed by atoms with Gasteiger partial charge in [-0.2, -0.15) is 0 Å². The number of aldehydes is 1. The average molecular weight is 253 g/mol. The van der Waals surface area contributed by atoms with Crippen molar-refractivity contribution in [2.45, 2.75) is 19.8 Å². The molecule has 0 aliphatic rings. The summed E-state index contributed by atoms with van der Waals surface area (Å²) in [5.41, 5.74) is -0.808. The van der Waals surface area contributed by atoms with E-state index < -0.39 is 11.4 Å². The van der Waals surface area contributed by atoms with Crippen molar-refractivity contribution in [1.82, 2.24) is 4.98 Å². The lowest BCUT2D eigenvalue weighted by Crippen LogP contribution is -2.21. The van der Waals surface area contributed by atoms with Crippen molar-refractivity contribution in [1.29, 1.82) is 0 Å². The molecule has 1 heterocycles. The molecule has 98 valence electrons. The van der Waals surface area contributed by atoms with Gasteiger partial charge in [-0.1, -0.05) is 13.3 Å². The van der Waals surface area contributed by atoms with Crippen LogP contribution < -0.4 is 10.2 Å². The van der Waals surface area contributed by atoms with Crippen LogP contribution in [-0.2, 0) is 4.74 Å². The van der Waals surface area contributed by atoms with Crippen molar-refractivity contribution in [2.24, 2.45) is 0 Å². The topological polar surface area (TPSA) is 85.5 Å². The Balaban J connectivity index is 3.14. The smallest absolute Gasteiger partial charge is 0.343 e. The van der Waals surface area contributed by atoms with Crippen LogP contribution in [0.2, 0.25) is 0 Å². The fourth-order valence-corrected chi connectivity index (χ4v) is 1.34. The van der Waals surface area contributed by atoms with Crippen LogP contribution in [0.4, 0.5) is 0 Å². The summed E-state index contributed by atoms with van der Waals surface area (Å²) >= 11 is 0. The Hall–Kier alpha value is -2.11. The number of ether oxygens (including phenoxy) is 2. The number of nitrogens with one attached hydrogen (secondary N) is 1. The SMILES string of the molecule is CCCCOc1c(C=O)[nH]cc(C(=O)OC)c1=O. The van der Waals surface area contributed by atoms with E-state index >= 15 is 0 Å². The molecule has 0 radical (unpaired) electrons. The molecular weight excluding hydrogens is 238 g/mol. The molecule has 1 aromatic rings. The van der Waals surface area contributed by atoms with Crippen LogP contribution in [0.5, 0.6) is 5.75 Å². The van der Waals surface area contributed by atoms with E-state index in [2.05, 4.69) is 9.72 Å². The summed E-state index contributed by atoms with van der Waals surface area (Å²) in [6.07, 6.45) is 3.26. The van der Waals surface area contributed by atoms with E-state index in [1.54, 1.807) is 0 Å². The fraction of sp³-hybridized carbons (Fsp3) is 0.417. The first-order valence-electron chi connectivity index (χ1n) is 5.57. The molecule has 6 heteroatoms. The van der Waals surface area contributed by atoms with Gasteiger partial charge >= 0.3 is 5.97 Å². The highest BCUT2D eigenvalue weighted by atomic mass is 16.5. The van der Waals surface area contributed by atoms with Crippen molar-refractivity contribution < 1.29 is 19.1 Å². The molecule has 18 heavy (non-hydrogen) atoms. The number of unbranched alkanes of at least 4 members (excludes halogenated alkanes) is 1. The number of aromatic nitrogens is 1. The quantitative estimate of drug-likeness (QED) is 0.467. The zero-order chi connectivity index (χ0) is 13.5. The number of rotatable bonds is 6. The molecule has 1 rings (SSSR count). The molecule has 0 amide bonds. The van der Waals surface area contributed by atoms with Crippen LogP contribution in [0.3, 0.4) is 0 Å². The van der Waals surface area contributed by atoms with Gasteiger partial charge in [0.2, 0.25) is 5.43 Å². The highest BCUT2D eigenvalue weighted by Crippen LogP contribution is 2.10. The molecule has 0 saturated carbocycles. The van der Waals surface area contributed by atoms with Crippen LogP contribution in [0.1, 0.15) is 40.6 Å². The molecule has 0 aliphatic carbocycles. The lowest BCUT2D eigenvalue weighted by atomic mass is 10.2. The maximum Gasteiger partial charge on any atom is 0.343 e. The molecule has 0 atom stereocenters. The Bertz CT molecular complexity index is 492. The van der Waals surface area contributed by atoms with E-state index in [-0.39, 0.29) is 17.0 Å². The third-order valence-electron chi connectivity index (χ3n) is 2.33. The van der Waals surface area contributed by atoms with Crippen LogP contribution in [-0.4, -0.2) is 31.0 Å². The predicted octanol–water partition coefficient (Wildman–Crippen LogP) is 1.15. The number of H-pyrrole nitrogens is 1. The monoisotopic (exact) mass is 253 g/mol. The van der Waals surface area contributed by atoms with Crippen molar-refractivity contribution in [3.63, 3.8) is 0 Å². The van der Waals surface area contributed by atoms with Crippen LogP contribution in [0.15, 0.2) is 11.0 Å². The van der Waals surface area contributed by atoms with Crippen molar-refractivity contribution >= 4 is 12.3 Å². The summed E-state index contributed by atoms with van der Waals surface area (Å²) in [6, 6.07) is 0. The minimum Gasteiger partial charge on any atom is -0.487 e. The van der Waals surface area contributed by atoms with E-state index in [0.717, 1.165) is 19.0 Å². The van der Waals surface area contributed by atoms with Gasteiger partial charge in [-0.05, 0) is 6.42 Å². The highest BCUT2D eigenvalue weighted by Gasteiger charge is 2.18. The normalized spacial score (nSPS) is 9.89. The first kappa shape index (κ1) is 14.0. The van der Waals surface area contributed by atoms with E-state index in [4.69, 9.17) is 4.74 Å². The number of esters is 1. The first-order valence-corrected chi connectivity index (χ1v) is 5.57. The summed E-state index contributed by atoms with van der Waals surface area (Å²) in [4.78, 5) is 36.6. The fourth-order valence-electron chi connectivity index (χ4n) is 1.34. The molecule has 0 aliphatic heterocycles. The van der Waals surface area contributed by atoms with Gasteiger partial charge in [-0.3, -0.25) is 9.59 Å². The summed E-state index contributed by atoms with van der Waals surface area (Å²) in [5, 5.41) is 0. The van der Waals surface area contributed by atoms with Crippen LogP contribution >= 0.6 is 0 Å². The summed E-state index contributed by atoms with van der Waals surface area (Å²) in [7, 11) is 1.17. The molecule has 0 fully saturated rings. The van der Waals surface area contributed by atoms with Crippen LogP contribution in [0, 0.1) is 0 Å². The van der Waals surface area contributed by atoms with Gasteiger partial charge < -0.3 is 14.5 Å². The zero-order valence-corrected chi connectivity index (χ0v) is 10.3. The summed E-state index contributed by atoms with van der Waals surface area (Å²) in [6.45, 7) is 2.28. The third kappa shape index (κ3) is 2.97. The predicted molar refractivity (Wildman–Crippen MR) is 64.2 cm³/mol. The Morgan fingerprint density at radius 2 is 2.22 bits per heavy atom. The van der Waals surface area contributed by atoms with E-state index in [1.165, 1.54) is 7.11 Å². The maximum atomic E-state index is 11.9. The van der Waals surface area contributed by atoms with Gasteiger partial charge in [0.25, 0.3) is 0 Å². The first-order chi connectivity index (χ1) is 8.65. The molecular formula is C12H15NO5. The molecule has 0 bridgehead atoms. The number of carbonyl (C=O) groups is 2. The number of aromatic amines is 1. The lowest BCUT2D eigenvalue weighted by Gasteiger charge is -2.08. The largest absolute Gasteiger partial charge is 0.487 e. The number of methoxy groups -OCH3 is 1. The average Bonchev–Trinajstić information content (AvgIpc) is 2.39. The van der Waals surface area contributed by atoms with Crippen molar-refractivity contribution in [3.8, 4) is 5.75 Å². The van der Waals surface area contributed by atoms with Gasteiger partial charge in [0, 0.05) is 6.20 Å². The summed E-state index contributed by atoms with van der Waals surface area (Å²) in [5.74, 6) is -0.907. The third-order valence-corrected chi connectivity index (χ3v) is 2.33. The summed E-state index contributed by atoms with van der Waals surface area (Å²) < 4.78 is 9.72. The standard InChI is InChI=1S/C12H15NO5/c1-3-4-5-18-11-9(7-14)13-6-8(10(11)15)12(16)17-2/h6-7H,3-5H2,1-2H3,(H,13,15). The second kappa shape index (κ2) is 6.58. The second-order valence-electron chi connectivity index (χ2n) is 3.59. The van der Waals surface area contributed by atoms with Gasteiger partial charge in [0.05, 0.1) is 13.7 Å². The minimum absolute atomic E-state index is 0.0174. The number of hydrogen-bond acceptors (Lipinski definition) is 5. The minimum atomic E-state index is -0.769. The molecule has 1 N–H and O–H groups in total. The van der Waals surface area contributed by atoms with Gasteiger partial charge in [0.1, 0.15) is 11.3 Å². The molecule has 0 unspecified atom stereocenters. The number of carbonyl (C=O) groups excluding carboxylic acids is 2. The Labute approximate surface area is 104 Å². The molecule has 0 spiro atoms. The van der Waals surface area contributed by atoms with E-state index in [9.17, 15) is 14.4 Å². The van der Waals surface area contributed by atoms with Gasteiger partial charge in [0.15, 0.2) is 12.0 Å². The second-order valence-corrected chi connectivity index (χ2v) is 3.59. The number of pyridine rings is 1. The van der Waals surface area contributed by atoms with Crippen LogP contribution in [0.25, 0.3) is 0 Å². The lowest BCUT2D eigenvalue weighted by molar-refractivity contribution is 0.0597. The molecule has 0 saturated heterocycles. The zero-order valence-electron chi connectivity index (χ0n) is 10.3. The van der Waals surface area contributed by atoms with E-state index in [1.807, 2.05) is 6.92 Å². The van der Waals surface area contributed by atoms with Gasteiger partial charge in [-0.15, -0.1) is 0 Å². The Morgan fingerprint density at radius 1 is 1.50 bits per heavy atom. The van der Waals surface area contributed by atoms with Crippen molar-refractivity contribution in [2.75, 3.05) is 13.7 Å². The highest BCUT2D eigenvalue weighted by molar-refractivity contribution is 5.90. The molecule has 6 nitrogen and oxygen atoms in total. The maximum absolute atomic E-state index is 11.9. The molecule has 0 aromatic carbocycles. The number of hydrogen-bond donors (Lipinski definition) is 1. The Morgan fingerprint density at radius 3 is 2.78 bits per heavy atom. The van der Waals surface area contributed by atoms with Gasteiger partial charge in [-0.25, -0.2) is 4.79 Å². The molecule has 1 aromatic heterocycles. The van der Waals surface area contributed by atoms with Crippen molar-refractivity contribution in [3.05, 3.63) is 27.7 Å².